The van der Waals surface area contributed by atoms with Crippen LogP contribution in [0.15, 0.2) is 24.3 Å². The number of carbonyl (C=O) groups is 1. The van der Waals surface area contributed by atoms with Crippen LogP contribution in [0.2, 0.25) is 0 Å². The van der Waals surface area contributed by atoms with Crippen LogP contribution in [0.1, 0.15) is 23.1 Å². The van der Waals surface area contributed by atoms with Gasteiger partial charge < -0.3 is 33.5 Å². The predicted molar refractivity (Wildman–Crippen MR) is 150 cm³/mol. The molecule has 0 bridgehead atoms. The van der Waals surface area contributed by atoms with Gasteiger partial charge in [-0.2, -0.15) is 0 Å². The highest BCUT2D eigenvalue weighted by Crippen LogP contribution is 2.38. The zero-order valence-corrected chi connectivity index (χ0v) is 24.3. The van der Waals surface area contributed by atoms with Gasteiger partial charge >= 0.3 is 0 Å². The third kappa shape index (κ3) is 8.22. The zero-order valence-electron chi connectivity index (χ0n) is 22.6. The number of halogens is 2. The third-order valence-corrected chi connectivity index (χ3v) is 6.53. The van der Waals surface area contributed by atoms with E-state index < -0.39 is 0 Å². The van der Waals surface area contributed by atoms with Crippen LogP contribution in [-0.2, 0) is 24.1 Å². The lowest BCUT2D eigenvalue weighted by Gasteiger charge is -2.23. The molecule has 37 heavy (non-hydrogen) atoms. The monoisotopic (exact) mass is 558 g/mol. The van der Waals surface area contributed by atoms with Crippen LogP contribution in [0.4, 0.5) is 0 Å². The maximum absolute atomic E-state index is 12.9. The highest BCUT2D eigenvalue weighted by Gasteiger charge is 2.22. The lowest BCUT2D eigenvalue weighted by atomic mass is 10.0. The number of methoxy groups -OCH3 is 5. The molecule has 1 aliphatic heterocycles. The lowest BCUT2D eigenvalue weighted by Crippen LogP contribution is -2.35. The number of amides is 1. The first-order chi connectivity index (χ1) is 16.9. The molecular formula is C27H40Cl2N2O6. The fourth-order valence-corrected chi connectivity index (χ4v) is 4.49. The summed E-state index contributed by atoms with van der Waals surface area (Å²) >= 11 is 0. The molecule has 3 rings (SSSR count). The number of benzene rings is 2. The minimum absolute atomic E-state index is 0. The van der Waals surface area contributed by atoms with Gasteiger partial charge in [0.15, 0.2) is 23.0 Å². The van der Waals surface area contributed by atoms with E-state index in [1.54, 1.807) is 35.5 Å². The van der Waals surface area contributed by atoms with Crippen LogP contribution in [0, 0.1) is 0 Å². The maximum atomic E-state index is 12.9. The summed E-state index contributed by atoms with van der Waals surface area (Å²) in [6.45, 7) is 3.26. The van der Waals surface area contributed by atoms with Crippen LogP contribution in [0.25, 0.3) is 0 Å². The molecule has 0 fully saturated rings. The van der Waals surface area contributed by atoms with Gasteiger partial charge in [0.05, 0.1) is 42.0 Å². The Kier molecular flexibility index (Phi) is 13.7. The molecule has 0 atom stereocenters. The fraction of sp³-hybridized carbons (Fsp3) is 0.519. The molecule has 10 heteroatoms. The zero-order chi connectivity index (χ0) is 25.4. The summed E-state index contributed by atoms with van der Waals surface area (Å²) in [7, 11) is 10.2. The Hall–Kier alpha value is -2.55. The van der Waals surface area contributed by atoms with Crippen LogP contribution in [0.5, 0.6) is 28.7 Å². The normalized spacial score (nSPS) is 12.6. The summed E-state index contributed by atoms with van der Waals surface area (Å²) in [4.78, 5) is 17.2. The van der Waals surface area contributed by atoms with Crippen molar-refractivity contribution in [3.63, 3.8) is 0 Å². The molecule has 2 aromatic rings. The van der Waals surface area contributed by atoms with Crippen molar-refractivity contribution in [1.82, 2.24) is 9.80 Å². The molecule has 0 aromatic heterocycles. The number of nitrogens with zero attached hydrogens (tertiary/aromatic N) is 2. The summed E-state index contributed by atoms with van der Waals surface area (Å²) < 4.78 is 27.2. The Morgan fingerprint density at radius 3 is 1.89 bits per heavy atom. The molecule has 1 heterocycles. The molecule has 1 aliphatic rings. The van der Waals surface area contributed by atoms with Crippen molar-refractivity contribution in [2.75, 3.05) is 68.8 Å². The number of ether oxygens (including phenoxy) is 5. The van der Waals surface area contributed by atoms with Gasteiger partial charge in [-0.05, 0) is 73.8 Å². The van der Waals surface area contributed by atoms with Crippen LogP contribution in [-0.4, -0.2) is 84.5 Å². The second kappa shape index (κ2) is 15.6. The molecule has 2 aromatic carbocycles. The summed E-state index contributed by atoms with van der Waals surface area (Å²) in [5, 5.41) is 0. The molecule has 0 aliphatic carbocycles. The predicted octanol–water partition coefficient (Wildman–Crippen LogP) is 4.07. The van der Waals surface area contributed by atoms with Gasteiger partial charge in [0, 0.05) is 19.6 Å². The van der Waals surface area contributed by atoms with Crippen molar-refractivity contribution in [2.24, 2.45) is 0 Å². The Bertz CT molecular complexity index is 996. The summed E-state index contributed by atoms with van der Waals surface area (Å²) in [5.41, 5.74) is 3.30. The van der Waals surface area contributed by atoms with E-state index in [1.807, 2.05) is 29.2 Å². The lowest BCUT2D eigenvalue weighted by molar-refractivity contribution is -0.130. The largest absolute Gasteiger partial charge is 0.493 e. The number of carbonyl (C=O) groups excluding carboxylic acids is 1. The summed E-state index contributed by atoms with van der Waals surface area (Å²) in [5.74, 6) is 3.48. The average molecular weight is 560 g/mol. The standard InChI is InChI=1S/C27H38N2O6.2ClH/c1-28(12-8-19-14-24(33-4)27(35-6)25(15-19)34-5)10-7-11-29-13-9-20-16-22(31-2)23(32-3)17-21(20)18-26(29)30;;/h14-17H,7-13,18H2,1-6H3;2*1H. The van der Waals surface area contributed by atoms with Crippen molar-refractivity contribution in [2.45, 2.75) is 25.7 Å². The van der Waals surface area contributed by atoms with E-state index >= 15 is 0 Å². The number of fused-ring (bicyclic) bond motifs is 1. The minimum Gasteiger partial charge on any atom is -0.493 e. The third-order valence-electron chi connectivity index (χ3n) is 6.53. The van der Waals surface area contributed by atoms with E-state index in [9.17, 15) is 4.79 Å². The van der Waals surface area contributed by atoms with E-state index in [1.165, 1.54) is 0 Å². The second-order valence-corrected chi connectivity index (χ2v) is 8.72. The van der Waals surface area contributed by atoms with E-state index in [4.69, 9.17) is 23.7 Å². The van der Waals surface area contributed by atoms with Crippen molar-refractivity contribution in [3.8, 4) is 28.7 Å². The summed E-state index contributed by atoms with van der Waals surface area (Å²) in [6.07, 6.45) is 2.99. The highest BCUT2D eigenvalue weighted by atomic mass is 35.5. The molecule has 0 saturated heterocycles. The number of likely N-dealkylation sites (N-methyl/N-ethyl adjacent to an activating group) is 1. The van der Waals surface area contributed by atoms with Crippen molar-refractivity contribution in [3.05, 3.63) is 41.0 Å². The number of rotatable bonds is 12. The van der Waals surface area contributed by atoms with E-state index in [2.05, 4.69) is 11.9 Å². The Morgan fingerprint density at radius 1 is 0.784 bits per heavy atom. The van der Waals surface area contributed by atoms with Crippen molar-refractivity contribution >= 4 is 30.7 Å². The Balaban J connectivity index is 0.00000342. The first-order valence-corrected chi connectivity index (χ1v) is 11.9. The molecule has 8 nitrogen and oxygen atoms in total. The molecule has 208 valence electrons. The first-order valence-electron chi connectivity index (χ1n) is 11.9. The molecule has 1 amide bonds. The molecule has 0 N–H and O–H groups in total. The van der Waals surface area contributed by atoms with Crippen LogP contribution in [0.3, 0.4) is 0 Å². The average Bonchev–Trinajstić information content (AvgIpc) is 3.03. The first kappa shape index (κ1) is 32.5. The van der Waals surface area contributed by atoms with Gasteiger partial charge in [-0.3, -0.25) is 4.79 Å². The van der Waals surface area contributed by atoms with E-state index in [-0.39, 0.29) is 30.7 Å². The number of hydrogen-bond acceptors (Lipinski definition) is 7. The summed E-state index contributed by atoms with van der Waals surface area (Å²) in [6, 6.07) is 7.92. The van der Waals surface area contributed by atoms with Crippen LogP contribution >= 0.6 is 24.8 Å². The minimum atomic E-state index is 0. The van der Waals surface area contributed by atoms with Gasteiger partial charge in [-0.15, -0.1) is 24.8 Å². The van der Waals surface area contributed by atoms with E-state index in [0.717, 1.165) is 62.1 Å². The highest BCUT2D eigenvalue weighted by molar-refractivity contribution is 5.85. The van der Waals surface area contributed by atoms with Gasteiger partial charge in [0.2, 0.25) is 11.7 Å². The molecule has 0 unspecified atom stereocenters. The maximum Gasteiger partial charge on any atom is 0.227 e. The fourth-order valence-electron chi connectivity index (χ4n) is 4.49. The molecule has 0 spiro atoms. The number of hydrogen-bond donors (Lipinski definition) is 0. The van der Waals surface area contributed by atoms with Crippen LogP contribution < -0.4 is 23.7 Å². The molecule has 0 saturated carbocycles. The smallest absolute Gasteiger partial charge is 0.227 e. The molecular weight excluding hydrogens is 519 g/mol. The Morgan fingerprint density at radius 2 is 1.35 bits per heavy atom. The van der Waals surface area contributed by atoms with Crippen molar-refractivity contribution in [1.29, 1.82) is 0 Å². The Labute approximate surface area is 233 Å². The van der Waals surface area contributed by atoms with E-state index in [0.29, 0.717) is 35.2 Å². The van der Waals surface area contributed by atoms with Gasteiger partial charge in [0.25, 0.3) is 0 Å². The quantitative estimate of drug-likeness (QED) is 0.389. The molecule has 0 radical (unpaired) electrons. The van der Waals surface area contributed by atoms with Crippen molar-refractivity contribution < 1.29 is 28.5 Å². The second-order valence-electron chi connectivity index (χ2n) is 8.72. The van der Waals surface area contributed by atoms with Gasteiger partial charge in [-0.1, -0.05) is 0 Å². The van der Waals surface area contributed by atoms with Gasteiger partial charge in [-0.25, -0.2) is 0 Å². The SMILES string of the molecule is COc1cc2c(cc1OC)CC(=O)N(CCCN(C)CCc1cc(OC)c(OC)c(OC)c1)CC2.Cl.Cl. The van der Waals surface area contributed by atoms with Gasteiger partial charge in [0.1, 0.15) is 0 Å². The topological polar surface area (TPSA) is 69.7 Å².